The molecule has 190 valence electrons. The molecule has 0 saturated carbocycles. The predicted octanol–water partition coefficient (Wildman–Crippen LogP) is 2.61. The second-order valence-corrected chi connectivity index (χ2v) is 10.3. The van der Waals surface area contributed by atoms with E-state index in [4.69, 9.17) is 4.74 Å². The van der Waals surface area contributed by atoms with E-state index < -0.39 is 73.1 Å². The summed E-state index contributed by atoms with van der Waals surface area (Å²) < 4.78 is 60.4. The van der Waals surface area contributed by atoms with E-state index in [1.165, 1.54) is 24.3 Å². The first-order chi connectivity index (χ1) is 16.1. The Morgan fingerprint density at radius 1 is 1.11 bits per heavy atom. The maximum atomic E-state index is 14.2. The Balaban J connectivity index is 2.27. The number of nitro groups is 1. The van der Waals surface area contributed by atoms with Crippen LogP contribution in [0.4, 0.5) is 14.5 Å². The Morgan fingerprint density at radius 2 is 1.74 bits per heavy atom. The van der Waals surface area contributed by atoms with Gasteiger partial charge in [0, 0.05) is 12.5 Å². The first-order valence-corrected chi connectivity index (χ1v) is 11.8. The average molecular weight is 514 g/mol. The summed E-state index contributed by atoms with van der Waals surface area (Å²) in [7, 11) is -4.51. The minimum absolute atomic E-state index is 0.214. The van der Waals surface area contributed by atoms with Gasteiger partial charge in [-0.25, -0.2) is 22.0 Å². The second-order valence-electron chi connectivity index (χ2n) is 8.58. The van der Waals surface area contributed by atoms with Gasteiger partial charge in [-0.2, -0.15) is 4.72 Å². The topological polar surface area (TPSA) is 145 Å². The fourth-order valence-electron chi connectivity index (χ4n) is 2.97. The number of hydrogen-bond donors (Lipinski definition) is 2. The molecule has 0 bridgehead atoms. The van der Waals surface area contributed by atoms with Crippen molar-refractivity contribution in [3.63, 3.8) is 0 Å². The fraction of sp³-hybridized carbons (Fsp3) is 0.364. The molecule has 0 fully saturated rings. The molecule has 0 aromatic heterocycles. The lowest BCUT2D eigenvalue weighted by molar-refractivity contribution is -0.387. The zero-order valence-electron chi connectivity index (χ0n) is 19.4. The number of benzene rings is 2. The van der Waals surface area contributed by atoms with Crippen molar-refractivity contribution in [2.24, 2.45) is 0 Å². The van der Waals surface area contributed by atoms with Crippen LogP contribution < -0.4 is 10.0 Å². The molecule has 0 unspecified atom stereocenters. The van der Waals surface area contributed by atoms with Crippen molar-refractivity contribution >= 4 is 27.6 Å². The van der Waals surface area contributed by atoms with Crippen LogP contribution in [-0.2, 0) is 30.8 Å². The van der Waals surface area contributed by atoms with Crippen molar-refractivity contribution < 1.29 is 36.4 Å². The van der Waals surface area contributed by atoms with Gasteiger partial charge < -0.3 is 10.1 Å². The highest BCUT2D eigenvalue weighted by atomic mass is 32.2. The van der Waals surface area contributed by atoms with Gasteiger partial charge in [0.1, 0.15) is 11.6 Å². The lowest BCUT2D eigenvalue weighted by Gasteiger charge is -2.25. The summed E-state index contributed by atoms with van der Waals surface area (Å²) in [6.07, 6.45) is -0.478. The summed E-state index contributed by atoms with van der Waals surface area (Å²) in [6, 6.07) is 4.90. The maximum Gasteiger partial charge on any atom is 0.329 e. The van der Waals surface area contributed by atoms with Crippen LogP contribution in [0.1, 0.15) is 33.3 Å². The number of amides is 1. The molecule has 0 spiro atoms. The van der Waals surface area contributed by atoms with Crippen molar-refractivity contribution in [1.29, 1.82) is 0 Å². The number of carbonyl (C=O) groups excluding carboxylic acids is 2. The monoisotopic (exact) mass is 513 g/mol. The lowest BCUT2D eigenvalue weighted by atomic mass is 10.0. The Bertz CT molecular complexity index is 1230. The fourth-order valence-corrected chi connectivity index (χ4v) is 4.35. The molecule has 0 aliphatic heterocycles. The molecule has 0 saturated heterocycles. The molecule has 13 heteroatoms. The van der Waals surface area contributed by atoms with Gasteiger partial charge in [0.05, 0.1) is 11.0 Å². The molecule has 0 radical (unpaired) electrons. The van der Waals surface area contributed by atoms with Crippen LogP contribution >= 0.6 is 0 Å². The van der Waals surface area contributed by atoms with E-state index in [-0.39, 0.29) is 5.56 Å². The van der Waals surface area contributed by atoms with E-state index in [0.717, 1.165) is 25.1 Å². The van der Waals surface area contributed by atoms with E-state index in [9.17, 15) is 36.9 Å². The molecule has 2 atom stereocenters. The maximum absolute atomic E-state index is 14.2. The highest BCUT2D eigenvalue weighted by Crippen LogP contribution is 2.23. The number of ether oxygens (including phenoxy) is 1. The van der Waals surface area contributed by atoms with Gasteiger partial charge in [0.25, 0.3) is 5.69 Å². The Kier molecular flexibility index (Phi) is 8.63. The number of carbonyl (C=O) groups is 2. The number of rotatable bonds is 9. The number of nitrogens with one attached hydrogen (secondary N) is 2. The molecule has 35 heavy (non-hydrogen) atoms. The number of sulfonamides is 1. The van der Waals surface area contributed by atoms with Crippen LogP contribution in [0.2, 0.25) is 0 Å². The van der Waals surface area contributed by atoms with Crippen LogP contribution in [0.3, 0.4) is 0 Å². The van der Waals surface area contributed by atoms with Gasteiger partial charge >= 0.3 is 5.97 Å². The van der Waals surface area contributed by atoms with Crippen LogP contribution in [0.5, 0.6) is 0 Å². The highest BCUT2D eigenvalue weighted by Gasteiger charge is 2.32. The zero-order chi connectivity index (χ0) is 26.6. The summed E-state index contributed by atoms with van der Waals surface area (Å²) in [5.74, 6) is -4.31. The lowest BCUT2D eigenvalue weighted by Crippen LogP contribution is -2.52. The molecule has 2 N–H and O–H groups in total. The van der Waals surface area contributed by atoms with Crippen molar-refractivity contribution in [2.75, 3.05) is 0 Å². The van der Waals surface area contributed by atoms with E-state index in [2.05, 4.69) is 5.32 Å². The van der Waals surface area contributed by atoms with E-state index in [1.54, 1.807) is 20.8 Å². The molecule has 2 rings (SSSR count). The van der Waals surface area contributed by atoms with Gasteiger partial charge in [-0.1, -0.05) is 24.3 Å². The summed E-state index contributed by atoms with van der Waals surface area (Å²) in [5.41, 5.74) is -1.88. The Hall–Kier alpha value is -3.45. The van der Waals surface area contributed by atoms with Crippen molar-refractivity contribution in [2.45, 2.75) is 56.7 Å². The molecule has 10 nitrogen and oxygen atoms in total. The molecular formula is C22H25F2N3O7S. The third-order valence-corrected chi connectivity index (χ3v) is 6.13. The average Bonchev–Trinajstić information content (AvgIpc) is 2.74. The molecule has 2 aromatic rings. The second kappa shape index (κ2) is 10.9. The Labute approximate surface area is 200 Å². The van der Waals surface area contributed by atoms with Gasteiger partial charge in [-0.3, -0.25) is 14.9 Å². The van der Waals surface area contributed by atoms with Crippen LogP contribution in [0, 0.1) is 21.7 Å². The molecule has 0 heterocycles. The standard InChI is InChI=1S/C22H25F2N3O7S/c1-13(26-35(32,33)18-11-6-5-10-17(18)27(30)31)20(28)25-16(21(29)34-22(2,3)4)12-14-8-7-9-15(23)19(14)24/h5-11,13,16,26H,12H2,1-4H3,(H,25,28)/t13-,16-/m0/s1. The van der Waals surface area contributed by atoms with Crippen molar-refractivity contribution in [3.05, 3.63) is 69.8 Å². The van der Waals surface area contributed by atoms with E-state index in [1.807, 2.05) is 4.72 Å². The molecule has 0 aliphatic carbocycles. The largest absolute Gasteiger partial charge is 0.458 e. The summed E-state index contributed by atoms with van der Waals surface area (Å²) >= 11 is 0. The van der Waals surface area contributed by atoms with E-state index >= 15 is 0 Å². The minimum atomic E-state index is -4.51. The molecule has 0 aliphatic rings. The van der Waals surface area contributed by atoms with Gasteiger partial charge in [-0.05, 0) is 45.4 Å². The molecule has 2 aromatic carbocycles. The van der Waals surface area contributed by atoms with Gasteiger partial charge in [0.2, 0.25) is 15.9 Å². The summed E-state index contributed by atoms with van der Waals surface area (Å²) in [4.78, 5) is 35.1. The van der Waals surface area contributed by atoms with Crippen LogP contribution in [0.25, 0.3) is 0 Å². The molecular weight excluding hydrogens is 488 g/mol. The number of nitrogens with zero attached hydrogens (tertiary/aromatic N) is 1. The van der Waals surface area contributed by atoms with Crippen LogP contribution in [-0.4, -0.2) is 42.9 Å². The third kappa shape index (κ3) is 7.52. The minimum Gasteiger partial charge on any atom is -0.458 e. The van der Waals surface area contributed by atoms with Gasteiger partial charge in [0.15, 0.2) is 16.5 Å². The quantitative estimate of drug-likeness (QED) is 0.298. The number of nitro benzene ring substituents is 1. The predicted molar refractivity (Wildman–Crippen MR) is 121 cm³/mol. The molecule has 1 amide bonds. The normalized spacial score (nSPS) is 13.5. The Morgan fingerprint density at radius 3 is 2.34 bits per heavy atom. The summed E-state index contributed by atoms with van der Waals surface area (Å²) in [6.45, 7) is 5.85. The summed E-state index contributed by atoms with van der Waals surface area (Å²) in [5, 5.41) is 13.5. The highest BCUT2D eigenvalue weighted by molar-refractivity contribution is 7.89. The van der Waals surface area contributed by atoms with Crippen molar-refractivity contribution in [1.82, 2.24) is 10.0 Å². The first kappa shape index (κ1) is 27.8. The number of hydrogen-bond acceptors (Lipinski definition) is 7. The van der Waals surface area contributed by atoms with Gasteiger partial charge in [-0.15, -0.1) is 0 Å². The zero-order valence-corrected chi connectivity index (χ0v) is 20.2. The number of halogens is 2. The van der Waals surface area contributed by atoms with Crippen LogP contribution in [0.15, 0.2) is 47.4 Å². The smallest absolute Gasteiger partial charge is 0.329 e. The SMILES string of the molecule is C[C@H](NS(=O)(=O)c1ccccc1[N+](=O)[O-])C(=O)N[C@@H](Cc1cccc(F)c1F)C(=O)OC(C)(C)C. The number of para-hydroxylation sites is 1. The first-order valence-electron chi connectivity index (χ1n) is 10.3. The van der Waals surface area contributed by atoms with E-state index in [0.29, 0.717) is 0 Å². The number of esters is 1. The third-order valence-electron chi connectivity index (χ3n) is 4.54. The van der Waals surface area contributed by atoms with Crippen molar-refractivity contribution in [3.8, 4) is 0 Å².